The summed E-state index contributed by atoms with van der Waals surface area (Å²) in [6, 6.07) is 15.2. The van der Waals surface area contributed by atoms with Crippen molar-refractivity contribution in [2.24, 2.45) is 0 Å². The van der Waals surface area contributed by atoms with Gasteiger partial charge >= 0.3 is 5.97 Å². The quantitative estimate of drug-likeness (QED) is 0.237. The van der Waals surface area contributed by atoms with Crippen molar-refractivity contribution in [2.45, 2.75) is 13.0 Å². The molecular weight excluding hydrogens is 477 g/mol. The molecule has 5 aromatic rings. The van der Waals surface area contributed by atoms with Gasteiger partial charge < -0.3 is 21.1 Å². The summed E-state index contributed by atoms with van der Waals surface area (Å²) in [5, 5.41) is 14.5. The zero-order chi connectivity index (χ0) is 23.3. The van der Waals surface area contributed by atoms with Crippen molar-refractivity contribution < 1.29 is 9.90 Å². The lowest BCUT2D eigenvalue weighted by Crippen LogP contribution is -2.00. The number of aromatic nitrogens is 1. The third-order valence-electron chi connectivity index (χ3n) is 5.67. The molecule has 2 aromatic heterocycles. The number of nitrogen functional groups attached to an aromatic ring is 2. The van der Waals surface area contributed by atoms with Crippen molar-refractivity contribution in [1.82, 2.24) is 4.57 Å². The molecule has 0 atom stereocenters. The fraction of sp³-hybridized carbons (Fsp3) is 0.0800. The van der Waals surface area contributed by atoms with Crippen LogP contribution in [0.3, 0.4) is 0 Å². The van der Waals surface area contributed by atoms with Gasteiger partial charge in [0.2, 0.25) is 0 Å². The molecule has 0 aliphatic heterocycles. The van der Waals surface area contributed by atoms with Gasteiger partial charge in [-0.1, -0.05) is 41.4 Å². The Morgan fingerprint density at radius 1 is 0.939 bits per heavy atom. The standard InChI is InChI=1S/C25H19Cl2N3O2S/c26-21-4-3-20-16(12-33-25(20)24(21)27)11-30-10-15(8-23(31)32)19-2-1-13(7-22(19)30)14-5-17(28)9-18(29)6-14/h1-7,9-10,12H,8,11,28-29H2,(H,31,32). The lowest BCUT2D eigenvalue weighted by molar-refractivity contribution is -0.136. The normalized spacial score (nSPS) is 11.5. The number of rotatable bonds is 5. The maximum Gasteiger partial charge on any atom is 0.307 e. The third kappa shape index (κ3) is 4.02. The van der Waals surface area contributed by atoms with E-state index in [1.165, 1.54) is 0 Å². The van der Waals surface area contributed by atoms with Crippen LogP contribution < -0.4 is 11.5 Å². The van der Waals surface area contributed by atoms with Gasteiger partial charge in [-0.2, -0.15) is 0 Å². The summed E-state index contributed by atoms with van der Waals surface area (Å²) in [6.07, 6.45) is 1.86. The van der Waals surface area contributed by atoms with E-state index in [9.17, 15) is 9.90 Å². The van der Waals surface area contributed by atoms with E-state index >= 15 is 0 Å². The summed E-state index contributed by atoms with van der Waals surface area (Å²) < 4.78 is 3.02. The largest absolute Gasteiger partial charge is 0.481 e. The lowest BCUT2D eigenvalue weighted by atomic mass is 10.0. The van der Waals surface area contributed by atoms with Crippen LogP contribution >= 0.6 is 34.5 Å². The minimum Gasteiger partial charge on any atom is -0.481 e. The van der Waals surface area contributed by atoms with Gasteiger partial charge in [0.05, 0.1) is 21.2 Å². The molecule has 0 aliphatic rings. The number of benzene rings is 3. The summed E-state index contributed by atoms with van der Waals surface area (Å²) in [5.74, 6) is -0.871. The highest BCUT2D eigenvalue weighted by atomic mass is 35.5. The fourth-order valence-corrected chi connectivity index (χ4v) is 5.74. The Labute approximate surface area is 203 Å². The lowest BCUT2D eigenvalue weighted by Gasteiger charge is -2.09. The maximum atomic E-state index is 11.5. The third-order valence-corrected chi connectivity index (χ3v) is 7.65. The summed E-state index contributed by atoms with van der Waals surface area (Å²) >= 11 is 14.1. The van der Waals surface area contributed by atoms with E-state index in [1.807, 2.05) is 42.6 Å². The average Bonchev–Trinajstić information content (AvgIpc) is 3.31. The van der Waals surface area contributed by atoms with E-state index in [0.29, 0.717) is 28.0 Å². The molecule has 5 nitrogen and oxygen atoms in total. The molecule has 166 valence electrons. The molecule has 8 heteroatoms. The van der Waals surface area contributed by atoms with E-state index in [2.05, 4.69) is 9.95 Å². The number of carboxylic acid groups (broad SMARTS) is 1. The number of hydrogen-bond donors (Lipinski definition) is 3. The number of carbonyl (C=O) groups is 1. The molecule has 0 saturated heterocycles. The number of hydrogen-bond acceptors (Lipinski definition) is 4. The smallest absolute Gasteiger partial charge is 0.307 e. The van der Waals surface area contributed by atoms with Gasteiger partial charge in [0.15, 0.2) is 0 Å². The number of nitrogens with two attached hydrogens (primary N) is 2. The molecule has 0 saturated carbocycles. The summed E-state index contributed by atoms with van der Waals surface area (Å²) in [6.45, 7) is 0.566. The second-order valence-corrected chi connectivity index (χ2v) is 9.64. The van der Waals surface area contributed by atoms with E-state index in [4.69, 9.17) is 34.7 Å². The van der Waals surface area contributed by atoms with Crippen molar-refractivity contribution in [3.05, 3.63) is 81.3 Å². The summed E-state index contributed by atoms with van der Waals surface area (Å²) in [4.78, 5) is 11.5. The highest BCUT2D eigenvalue weighted by Crippen LogP contribution is 2.38. The molecule has 0 bridgehead atoms. The van der Waals surface area contributed by atoms with Crippen molar-refractivity contribution in [2.75, 3.05) is 11.5 Å². The van der Waals surface area contributed by atoms with Gasteiger partial charge in [-0.3, -0.25) is 4.79 Å². The first-order chi connectivity index (χ1) is 15.8. The Bertz CT molecular complexity index is 1530. The Hall–Kier alpha value is -3.19. The summed E-state index contributed by atoms with van der Waals surface area (Å²) in [5.41, 5.74) is 17.8. The van der Waals surface area contributed by atoms with Crippen LogP contribution in [0.5, 0.6) is 0 Å². The predicted molar refractivity (Wildman–Crippen MR) is 138 cm³/mol. The monoisotopic (exact) mass is 495 g/mol. The molecule has 0 amide bonds. The number of nitrogens with zero attached hydrogens (tertiary/aromatic N) is 1. The topological polar surface area (TPSA) is 94.3 Å². The molecule has 3 aromatic carbocycles. The molecule has 0 radical (unpaired) electrons. The van der Waals surface area contributed by atoms with Crippen molar-refractivity contribution in [1.29, 1.82) is 0 Å². The van der Waals surface area contributed by atoms with Crippen LogP contribution in [0, 0.1) is 0 Å². The highest BCUT2D eigenvalue weighted by molar-refractivity contribution is 7.18. The predicted octanol–water partition coefficient (Wildman–Crippen LogP) is 6.67. The van der Waals surface area contributed by atoms with Gasteiger partial charge in [0.25, 0.3) is 0 Å². The van der Waals surface area contributed by atoms with E-state index < -0.39 is 5.97 Å². The van der Waals surface area contributed by atoms with Crippen LogP contribution in [0.4, 0.5) is 11.4 Å². The second-order valence-electron chi connectivity index (χ2n) is 7.97. The van der Waals surface area contributed by atoms with Gasteiger partial charge in [-0.05, 0) is 63.4 Å². The fourth-order valence-electron chi connectivity index (χ4n) is 4.23. The Morgan fingerprint density at radius 2 is 1.67 bits per heavy atom. The van der Waals surface area contributed by atoms with Crippen molar-refractivity contribution >= 4 is 72.9 Å². The second kappa shape index (κ2) is 8.30. The molecule has 5 rings (SSSR count). The number of aliphatic carboxylic acids is 1. The number of fused-ring (bicyclic) bond motifs is 2. The van der Waals surface area contributed by atoms with Crippen molar-refractivity contribution in [3.63, 3.8) is 0 Å². The average molecular weight is 496 g/mol. The van der Waals surface area contributed by atoms with Crippen LogP contribution in [0.1, 0.15) is 11.1 Å². The van der Waals surface area contributed by atoms with Gasteiger partial charge in [0, 0.05) is 35.0 Å². The molecule has 0 spiro atoms. The number of anilines is 2. The zero-order valence-electron chi connectivity index (χ0n) is 17.3. The number of thiophene rings is 1. The number of halogens is 2. The molecule has 2 heterocycles. The van der Waals surface area contributed by atoms with Crippen LogP contribution in [0.25, 0.3) is 32.1 Å². The first-order valence-electron chi connectivity index (χ1n) is 10.1. The van der Waals surface area contributed by atoms with Crippen LogP contribution in [0.15, 0.2) is 60.1 Å². The minimum absolute atomic E-state index is 0.0557. The Morgan fingerprint density at radius 3 is 2.39 bits per heavy atom. The SMILES string of the molecule is Nc1cc(N)cc(-c2ccc3c(CC(=O)O)cn(Cc4csc5c(Cl)c(Cl)ccc45)c3c2)c1. The molecule has 0 fully saturated rings. The molecule has 5 N–H and O–H groups in total. The molecule has 0 unspecified atom stereocenters. The number of carboxylic acids is 1. The van der Waals surface area contributed by atoms with Crippen LogP contribution in [-0.4, -0.2) is 15.6 Å². The van der Waals surface area contributed by atoms with Crippen LogP contribution in [-0.2, 0) is 17.8 Å². The molecule has 33 heavy (non-hydrogen) atoms. The first-order valence-corrected chi connectivity index (χ1v) is 11.8. The Kier molecular flexibility index (Phi) is 5.44. The van der Waals surface area contributed by atoms with Gasteiger partial charge in [0.1, 0.15) is 0 Å². The van der Waals surface area contributed by atoms with E-state index in [0.717, 1.165) is 43.2 Å². The summed E-state index contributed by atoms with van der Waals surface area (Å²) in [7, 11) is 0. The molecular formula is C25H19Cl2N3O2S. The highest BCUT2D eigenvalue weighted by Gasteiger charge is 2.16. The van der Waals surface area contributed by atoms with E-state index in [1.54, 1.807) is 23.5 Å². The minimum atomic E-state index is -0.871. The molecule has 0 aliphatic carbocycles. The van der Waals surface area contributed by atoms with Gasteiger partial charge in [-0.15, -0.1) is 11.3 Å². The van der Waals surface area contributed by atoms with Gasteiger partial charge in [-0.25, -0.2) is 0 Å². The van der Waals surface area contributed by atoms with E-state index in [-0.39, 0.29) is 6.42 Å². The maximum absolute atomic E-state index is 11.5. The first kappa shape index (κ1) is 21.6. The zero-order valence-corrected chi connectivity index (χ0v) is 19.6. The van der Waals surface area contributed by atoms with Crippen molar-refractivity contribution in [3.8, 4) is 11.1 Å². The van der Waals surface area contributed by atoms with Crippen LogP contribution in [0.2, 0.25) is 10.0 Å². The Balaban J connectivity index is 1.65.